The van der Waals surface area contributed by atoms with Gasteiger partial charge in [-0.1, -0.05) is 43.3 Å². The Labute approximate surface area is 201 Å². The van der Waals surface area contributed by atoms with Gasteiger partial charge in [0, 0.05) is 23.9 Å². The fraction of sp³-hybridized carbons (Fsp3) is 0.481. The number of benzene rings is 1. The molecular formula is C27H35NO4S. The van der Waals surface area contributed by atoms with Crippen LogP contribution in [0.2, 0.25) is 0 Å². The highest BCUT2D eigenvalue weighted by atomic mass is 32.1. The number of rotatable bonds is 12. The minimum Gasteiger partial charge on any atom is -0.465 e. The number of ether oxygens (including phenoxy) is 1. The highest BCUT2D eigenvalue weighted by Crippen LogP contribution is 2.26. The second-order valence-corrected chi connectivity index (χ2v) is 9.95. The minimum atomic E-state index is -0.336. The van der Waals surface area contributed by atoms with E-state index in [1.54, 1.807) is 6.07 Å². The van der Waals surface area contributed by atoms with Gasteiger partial charge in [-0.15, -0.1) is 11.3 Å². The highest BCUT2D eigenvalue weighted by Gasteiger charge is 2.30. The number of nitrogens with zero attached hydrogens (tertiary/aromatic N) is 1. The third-order valence-electron chi connectivity index (χ3n) is 6.47. The van der Waals surface area contributed by atoms with Crippen molar-refractivity contribution in [3.63, 3.8) is 0 Å². The van der Waals surface area contributed by atoms with Crippen molar-refractivity contribution in [2.24, 2.45) is 5.92 Å². The van der Waals surface area contributed by atoms with Crippen LogP contribution in [-0.2, 0) is 16.0 Å². The van der Waals surface area contributed by atoms with Crippen molar-refractivity contribution in [2.45, 2.75) is 64.0 Å². The van der Waals surface area contributed by atoms with Gasteiger partial charge in [0.2, 0.25) is 5.91 Å². The molecule has 1 aliphatic heterocycles. The van der Waals surface area contributed by atoms with Crippen LogP contribution < -0.4 is 0 Å². The van der Waals surface area contributed by atoms with E-state index in [0.29, 0.717) is 17.8 Å². The van der Waals surface area contributed by atoms with Gasteiger partial charge in [-0.2, -0.15) is 0 Å². The lowest BCUT2D eigenvalue weighted by molar-refractivity contribution is -0.128. The summed E-state index contributed by atoms with van der Waals surface area (Å²) < 4.78 is 4.74. The monoisotopic (exact) mass is 469 g/mol. The van der Waals surface area contributed by atoms with E-state index < -0.39 is 0 Å². The van der Waals surface area contributed by atoms with E-state index in [1.165, 1.54) is 24.0 Å². The van der Waals surface area contributed by atoms with Gasteiger partial charge in [0.15, 0.2) is 0 Å². The van der Waals surface area contributed by atoms with E-state index in [0.717, 1.165) is 43.4 Å². The van der Waals surface area contributed by atoms with Gasteiger partial charge in [0.1, 0.15) is 4.88 Å². The Morgan fingerprint density at radius 1 is 1.24 bits per heavy atom. The lowest BCUT2D eigenvalue weighted by Gasteiger charge is -2.26. The predicted octanol–water partition coefficient (Wildman–Crippen LogP) is 5.34. The molecule has 1 N–H and O–H groups in total. The molecule has 0 saturated carbocycles. The Morgan fingerprint density at radius 2 is 2.03 bits per heavy atom. The number of hydrogen-bond donors (Lipinski definition) is 1. The number of hydrogen-bond acceptors (Lipinski definition) is 5. The average Bonchev–Trinajstić information content (AvgIpc) is 3.44. The molecule has 178 valence electrons. The summed E-state index contributed by atoms with van der Waals surface area (Å²) in [5.74, 6) is 0.0979. The van der Waals surface area contributed by atoms with Crippen molar-refractivity contribution in [2.75, 3.05) is 13.7 Å². The van der Waals surface area contributed by atoms with Crippen molar-refractivity contribution in [3.8, 4) is 0 Å². The standard InChI is InChI=1S/C27H35NO4S/c1-20(8-6-11-21-9-4-3-5-10-21)24(29)16-13-22-14-18-26(30)28(22)19-7-12-23-15-17-25(33-23)27(31)32-2/h3-5,7,9-10,12,15,17,20,22,24,29H,6,8,11,13-14,16,18-19H2,1-2H3/b12-7-/t20-,22-,24+/m0/s1. The smallest absolute Gasteiger partial charge is 0.348 e. The van der Waals surface area contributed by atoms with E-state index in [2.05, 4.69) is 31.2 Å². The molecule has 1 amide bonds. The molecule has 1 fully saturated rings. The number of amides is 1. The van der Waals surface area contributed by atoms with Gasteiger partial charge < -0.3 is 14.7 Å². The molecule has 1 aliphatic rings. The number of methoxy groups -OCH3 is 1. The molecule has 1 saturated heterocycles. The third kappa shape index (κ3) is 7.54. The fourth-order valence-corrected chi connectivity index (χ4v) is 5.25. The summed E-state index contributed by atoms with van der Waals surface area (Å²) in [6, 6.07) is 14.3. The number of likely N-dealkylation sites (tertiary alicyclic amines) is 1. The Balaban J connectivity index is 1.42. The number of esters is 1. The van der Waals surface area contributed by atoms with Gasteiger partial charge in [-0.25, -0.2) is 4.79 Å². The molecular weight excluding hydrogens is 434 g/mol. The van der Waals surface area contributed by atoms with Gasteiger partial charge in [-0.3, -0.25) is 4.79 Å². The second kappa shape index (κ2) is 12.7. The molecule has 33 heavy (non-hydrogen) atoms. The normalized spacial score (nSPS) is 18.1. The molecule has 0 bridgehead atoms. The van der Waals surface area contributed by atoms with Gasteiger partial charge in [-0.05, 0) is 68.2 Å². The molecule has 3 rings (SSSR count). The maximum Gasteiger partial charge on any atom is 0.348 e. The number of carbonyl (C=O) groups is 2. The van der Waals surface area contributed by atoms with Crippen molar-refractivity contribution in [1.82, 2.24) is 4.90 Å². The molecule has 2 heterocycles. The van der Waals surface area contributed by atoms with Crippen LogP contribution in [0.25, 0.3) is 6.08 Å². The summed E-state index contributed by atoms with van der Waals surface area (Å²) in [6.07, 6.45) is 9.68. The molecule has 0 radical (unpaired) electrons. The van der Waals surface area contributed by atoms with E-state index in [1.807, 2.05) is 29.2 Å². The Hall–Kier alpha value is -2.44. The van der Waals surface area contributed by atoms with Crippen LogP contribution >= 0.6 is 11.3 Å². The molecule has 1 aromatic carbocycles. The van der Waals surface area contributed by atoms with Crippen LogP contribution in [0.4, 0.5) is 0 Å². The zero-order valence-electron chi connectivity index (χ0n) is 19.6. The van der Waals surface area contributed by atoms with E-state index in [-0.39, 0.29) is 29.9 Å². The molecule has 0 aliphatic carbocycles. The number of thiophene rings is 1. The second-order valence-electron chi connectivity index (χ2n) is 8.83. The summed E-state index contributed by atoms with van der Waals surface area (Å²) in [5, 5.41) is 10.7. The first-order chi connectivity index (χ1) is 16.0. The van der Waals surface area contributed by atoms with Crippen molar-refractivity contribution < 1.29 is 19.4 Å². The Morgan fingerprint density at radius 3 is 2.79 bits per heavy atom. The van der Waals surface area contributed by atoms with E-state index >= 15 is 0 Å². The lowest BCUT2D eigenvalue weighted by atomic mass is 9.92. The number of aryl methyl sites for hydroxylation is 1. The summed E-state index contributed by atoms with van der Waals surface area (Å²) in [4.78, 5) is 27.4. The third-order valence-corrected chi connectivity index (χ3v) is 7.50. The highest BCUT2D eigenvalue weighted by molar-refractivity contribution is 7.14. The van der Waals surface area contributed by atoms with Gasteiger partial charge >= 0.3 is 5.97 Å². The zero-order chi connectivity index (χ0) is 23.6. The van der Waals surface area contributed by atoms with Crippen LogP contribution in [0.15, 0.2) is 48.5 Å². The van der Waals surface area contributed by atoms with Crippen molar-refractivity contribution in [1.29, 1.82) is 0 Å². The van der Waals surface area contributed by atoms with Gasteiger partial charge in [0.05, 0.1) is 13.2 Å². The van der Waals surface area contributed by atoms with Crippen molar-refractivity contribution >= 4 is 29.3 Å². The minimum absolute atomic E-state index is 0.177. The van der Waals surface area contributed by atoms with Crippen molar-refractivity contribution in [3.05, 3.63) is 63.9 Å². The number of aliphatic hydroxyl groups is 1. The molecule has 5 nitrogen and oxygen atoms in total. The number of carbonyl (C=O) groups excluding carboxylic acids is 2. The first-order valence-electron chi connectivity index (χ1n) is 11.8. The molecule has 6 heteroatoms. The predicted molar refractivity (Wildman–Crippen MR) is 133 cm³/mol. The van der Waals surface area contributed by atoms with Crippen LogP contribution in [-0.4, -0.2) is 47.7 Å². The maximum atomic E-state index is 12.4. The molecule has 2 aromatic rings. The molecule has 1 aromatic heterocycles. The Kier molecular flexibility index (Phi) is 9.70. The van der Waals surface area contributed by atoms with Crippen LogP contribution in [0.1, 0.15) is 65.6 Å². The largest absolute Gasteiger partial charge is 0.465 e. The Bertz CT molecular complexity index is 923. The molecule has 3 atom stereocenters. The quantitative estimate of drug-likeness (QED) is 0.426. The maximum absolute atomic E-state index is 12.4. The average molecular weight is 470 g/mol. The van der Waals surface area contributed by atoms with E-state index in [9.17, 15) is 14.7 Å². The van der Waals surface area contributed by atoms with Gasteiger partial charge in [0.25, 0.3) is 0 Å². The molecule has 0 spiro atoms. The van der Waals surface area contributed by atoms with Crippen LogP contribution in [0.5, 0.6) is 0 Å². The fourth-order valence-electron chi connectivity index (χ4n) is 4.39. The first kappa shape index (κ1) is 25.2. The van der Waals surface area contributed by atoms with Crippen LogP contribution in [0, 0.1) is 5.92 Å². The first-order valence-corrected chi connectivity index (χ1v) is 12.7. The summed E-state index contributed by atoms with van der Waals surface area (Å²) in [7, 11) is 1.37. The van der Waals surface area contributed by atoms with Crippen LogP contribution in [0.3, 0.4) is 0 Å². The summed E-state index contributed by atoms with van der Waals surface area (Å²) in [5.41, 5.74) is 1.34. The van der Waals surface area contributed by atoms with E-state index in [4.69, 9.17) is 4.74 Å². The SMILES string of the molecule is COC(=O)c1ccc(/C=C\CN2C(=O)CC[C@@H]2CC[C@@H](O)[C@@H](C)CCCc2ccccc2)s1. The topological polar surface area (TPSA) is 66.8 Å². The zero-order valence-corrected chi connectivity index (χ0v) is 20.4. The number of aliphatic hydroxyl groups excluding tert-OH is 1. The molecule has 0 unspecified atom stereocenters. The summed E-state index contributed by atoms with van der Waals surface area (Å²) in [6.45, 7) is 2.68. The lowest BCUT2D eigenvalue weighted by Crippen LogP contribution is -2.34. The summed E-state index contributed by atoms with van der Waals surface area (Å²) >= 11 is 1.37.